The van der Waals surface area contributed by atoms with Gasteiger partial charge in [-0.25, -0.2) is 23.3 Å². The van der Waals surface area contributed by atoms with Gasteiger partial charge in [0.15, 0.2) is 5.82 Å². The van der Waals surface area contributed by atoms with Crippen molar-refractivity contribution in [2.24, 2.45) is 0 Å². The van der Waals surface area contributed by atoms with Crippen LogP contribution in [0.3, 0.4) is 0 Å². The van der Waals surface area contributed by atoms with Crippen LogP contribution in [-0.2, 0) is 16.1 Å². The number of benzene rings is 1. The molecule has 1 amide bonds. The molecule has 168 valence electrons. The SMILES string of the molecule is O=C(Cn1nc2c(N3CCOCC3)nccn2c1=O)N1CCN(c2ccc(F)cc2)CC1. The predicted octanol–water partition coefficient (Wildman–Crippen LogP) is 0.216. The highest BCUT2D eigenvalue weighted by molar-refractivity contribution is 5.76. The quantitative estimate of drug-likeness (QED) is 0.572. The minimum atomic E-state index is -0.366. The van der Waals surface area contributed by atoms with Crippen molar-refractivity contribution < 1.29 is 13.9 Å². The molecule has 0 unspecified atom stereocenters. The van der Waals surface area contributed by atoms with Crippen LogP contribution in [-0.4, -0.2) is 82.5 Å². The van der Waals surface area contributed by atoms with Gasteiger partial charge in [0.1, 0.15) is 12.4 Å². The first-order chi connectivity index (χ1) is 15.6. The first-order valence-corrected chi connectivity index (χ1v) is 10.7. The number of aromatic nitrogens is 4. The Kier molecular flexibility index (Phi) is 5.48. The molecular formula is C21H24FN7O3. The van der Waals surface area contributed by atoms with Gasteiger partial charge in [-0.3, -0.25) is 4.79 Å². The zero-order chi connectivity index (χ0) is 22.1. The molecule has 0 bridgehead atoms. The number of amides is 1. The van der Waals surface area contributed by atoms with Crippen molar-refractivity contribution in [2.75, 3.05) is 62.3 Å². The summed E-state index contributed by atoms with van der Waals surface area (Å²) in [6.45, 7) is 4.74. The number of hydrogen-bond donors (Lipinski definition) is 0. The van der Waals surface area contributed by atoms with Crippen LogP contribution in [0.15, 0.2) is 41.5 Å². The summed E-state index contributed by atoms with van der Waals surface area (Å²) >= 11 is 0. The normalized spacial score (nSPS) is 17.2. The zero-order valence-electron chi connectivity index (χ0n) is 17.6. The Morgan fingerprint density at radius 2 is 1.72 bits per heavy atom. The monoisotopic (exact) mass is 441 g/mol. The van der Waals surface area contributed by atoms with Crippen molar-refractivity contribution in [3.05, 3.63) is 53.0 Å². The second kappa shape index (κ2) is 8.58. The van der Waals surface area contributed by atoms with Crippen molar-refractivity contribution in [3.63, 3.8) is 0 Å². The molecule has 5 rings (SSSR count). The van der Waals surface area contributed by atoms with E-state index in [0.29, 0.717) is 63.9 Å². The van der Waals surface area contributed by atoms with Crippen LogP contribution in [0.4, 0.5) is 15.9 Å². The standard InChI is InChI=1S/C21H24FN7O3/c22-16-1-3-17(4-2-16)25-7-9-26(10-8-25)18(30)15-29-21(31)28-6-5-23-19(20(28)24-29)27-11-13-32-14-12-27/h1-6H,7-15H2. The lowest BCUT2D eigenvalue weighted by Gasteiger charge is -2.36. The van der Waals surface area contributed by atoms with Crippen LogP contribution >= 0.6 is 0 Å². The third-order valence-electron chi connectivity index (χ3n) is 5.90. The molecule has 0 radical (unpaired) electrons. The van der Waals surface area contributed by atoms with Gasteiger partial charge >= 0.3 is 5.69 Å². The van der Waals surface area contributed by atoms with Crippen molar-refractivity contribution in [2.45, 2.75) is 6.54 Å². The highest BCUT2D eigenvalue weighted by Crippen LogP contribution is 2.18. The van der Waals surface area contributed by atoms with E-state index < -0.39 is 0 Å². The zero-order valence-corrected chi connectivity index (χ0v) is 17.6. The molecule has 3 aromatic rings. The number of carbonyl (C=O) groups is 1. The summed E-state index contributed by atoms with van der Waals surface area (Å²) in [5, 5.41) is 4.42. The number of morpholine rings is 1. The molecule has 0 aliphatic carbocycles. The molecule has 1 aromatic carbocycles. The number of rotatable bonds is 4. The minimum absolute atomic E-state index is 0.125. The van der Waals surface area contributed by atoms with Crippen molar-refractivity contribution in [1.82, 2.24) is 24.1 Å². The van der Waals surface area contributed by atoms with Crippen molar-refractivity contribution in [3.8, 4) is 0 Å². The van der Waals surface area contributed by atoms with Crippen molar-refractivity contribution >= 4 is 23.1 Å². The highest BCUT2D eigenvalue weighted by atomic mass is 19.1. The third-order valence-corrected chi connectivity index (χ3v) is 5.90. The summed E-state index contributed by atoms with van der Waals surface area (Å²) in [7, 11) is 0. The molecule has 4 heterocycles. The lowest BCUT2D eigenvalue weighted by molar-refractivity contribution is -0.132. The molecule has 2 aliphatic rings. The Morgan fingerprint density at radius 1 is 1.00 bits per heavy atom. The van der Waals surface area contributed by atoms with E-state index in [0.717, 1.165) is 5.69 Å². The van der Waals surface area contributed by atoms with E-state index in [1.54, 1.807) is 29.4 Å². The first-order valence-electron chi connectivity index (χ1n) is 10.7. The second-order valence-corrected chi connectivity index (χ2v) is 7.83. The van der Waals surface area contributed by atoms with Gasteiger partial charge in [0.25, 0.3) is 0 Å². The van der Waals surface area contributed by atoms with Gasteiger partial charge in [0.2, 0.25) is 11.6 Å². The number of nitrogens with zero attached hydrogens (tertiary/aromatic N) is 7. The molecule has 11 heteroatoms. The van der Waals surface area contributed by atoms with Gasteiger partial charge in [-0.15, -0.1) is 5.10 Å². The molecule has 10 nitrogen and oxygen atoms in total. The molecule has 32 heavy (non-hydrogen) atoms. The Balaban J connectivity index is 1.28. The van der Waals surface area contributed by atoms with E-state index in [9.17, 15) is 14.0 Å². The maximum Gasteiger partial charge on any atom is 0.350 e. The van der Waals surface area contributed by atoms with Crippen LogP contribution in [0.5, 0.6) is 0 Å². The van der Waals surface area contributed by atoms with Crippen LogP contribution in [0.2, 0.25) is 0 Å². The van der Waals surface area contributed by atoms with Crippen LogP contribution in [0, 0.1) is 5.82 Å². The molecule has 0 atom stereocenters. The topological polar surface area (TPSA) is 88.2 Å². The lowest BCUT2D eigenvalue weighted by Crippen LogP contribution is -2.50. The van der Waals surface area contributed by atoms with E-state index in [1.165, 1.54) is 21.2 Å². The predicted molar refractivity (Wildman–Crippen MR) is 115 cm³/mol. The summed E-state index contributed by atoms with van der Waals surface area (Å²) in [5.41, 5.74) is 1.00. The van der Waals surface area contributed by atoms with Crippen LogP contribution < -0.4 is 15.5 Å². The first kappa shape index (κ1) is 20.4. The van der Waals surface area contributed by atoms with E-state index in [2.05, 4.69) is 15.0 Å². The van der Waals surface area contributed by atoms with Gasteiger partial charge in [0.05, 0.1) is 13.2 Å². The third kappa shape index (κ3) is 3.91. The maximum atomic E-state index is 13.2. The van der Waals surface area contributed by atoms with Gasteiger partial charge in [-0.1, -0.05) is 0 Å². The van der Waals surface area contributed by atoms with Gasteiger partial charge in [-0.2, -0.15) is 0 Å². The number of halogens is 1. The summed E-state index contributed by atoms with van der Waals surface area (Å²) < 4.78 is 21.2. The average molecular weight is 441 g/mol. The molecule has 2 saturated heterocycles. The fourth-order valence-corrected chi connectivity index (χ4v) is 4.13. The van der Waals surface area contributed by atoms with Crippen LogP contribution in [0.1, 0.15) is 0 Å². The van der Waals surface area contributed by atoms with Gasteiger partial charge in [-0.05, 0) is 24.3 Å². The number of fused-ring (bicyclic) bond motifs is 1. The summed E-state index contributed by atoms with van der Waals surface area (Å²) in [4.78, 5) is 36.0. The minimum Gasteiger partial charge on any atom is -0.378 e. The number of hydrogen-bond acceptors (Lipinski definition) is 7. The molecular weight excluding hydrogens is 417 g/mol. The summed E-state index contributed by atoms with van der Waals surface area (Å²) in [6, 6.07) is 6.34. The number of piperazine rings is 1. The Morgan fingerprint density at radius 3 is 2.44 bits per heavy atom. The molecule has 2 fully saturated rings. The maximum absolute atomic E-state index is 13.2. The summed E-state index contributed by atoms with van der Waals surface area (Å²) in [5.74, 6) is 0.189. The molecule has 2 aliphatic heterocycles. The van der Waals surface area contributed by atoms with E-state index in [4.69, 9.17) is 4.74 Å². The van der Waals surface area contributed by atoms with E-state index in [-0.39, 0.29) is 24.0 Å². The van der Waals surface area contributed by atoms with Gasteiger partial charge in [0, 0.05) is 57.3 Å². The molecule has 0 saturated carbocycles. The lowest BCUT2D eigenvalue weighted by atomic mass is 10.2. The Bertz CT molecular complexity index is 1160. The molecule has 0 spiro atoms. The largest absolute Gasteiger partial charge is 0.378 e. The Hall–Kier alpha value is -3.47. The second-order valence-electron chi connectivity index (χ2n) is 7.83. The van der Waals surface area contributed by atoms with Crippen molar-refractivity contribution in [1.29, 1.82) is 0 Å². The van der Waals surface area contributed by atoms with Crippen LogP contribution in [0.25, 0.3) is 5.65 Å². The highest BCUT2D eigenvalue weighted by Gasteiger charge is 2.24. The summed E-state index contributed by atoms with van der Waals surface area (Å²) in [6.07, 6.45) is 3.14. The van der Waals surface area contributed by atoms with E-state index >= 15 is 0 Å². The fraction of sp³-hybridized carbons (Fsp3) is 0.429. The number of ether oxygens (including phenoxy) is 1. The Labute approximate surface area is 183 Å². The number of carbonyl (C=O) groups excluding carboxylic acids is 1. The van der Waals surface area contributed by atoms with Gasteiger partial charge < -0.3 is 19.4 Å². The fourth-order valence-electron chi connectivity index (χ4n) is 4.13. The smallest absolute Gasteiger partial charge is 0.350 e. The van der Waals surface area contributed by atoms with E-state index in [1.807, 2.05) is 4.90 Å². The molecule has 0 N–H and O–H groups in total. The number of anilines is 2. The molecule has 2 aromatic heterocycles. The average Bonchev–Trinajstić information content (AvgIpc) is 3.15.